The van der Waals surface area contributed by atoms with E-state index in [-0.39, 0.29) is 43.0 Å². The van der Waals surface area contributed by atoms with Gasteiger partial charge in [0.15, 0.2) is 11.6 Å². The maximum Gasteiger partial charge on any atom is 0.272 e. The number of H-pyrrole nitrogens is 1. The van der Waals surface area contributed by atoms with Gasteiger partial charge in [-0.2, -0.15) is 4.39 Å². The van der Waals surface area contributed by atoms with Gasteiger partial charge in [-0.05, 0) is 18.2 Å². The number of hydrogen-bond acceptors (Lipinski definition) is 5. The van der Waals surface area contributed by atoms with E-state index in [0.29, 0.717) is 6.07 Å². The Labute approximate surface area is 161 Å². The number of carbonyl (C=O) groups excluding carboxylic acids is 1. The van der Waals surface area contributed by atoms with E-state index in [9.17, 15) is 22.8 Å². The second-order valence-electron chi connectivity index (χ2n) is 6.27. The highest BCUT2D eigenvalue weighted by Gasteiger charge is 2.29. The van der Waals surface area contributed by atoms with Gasteiger partial charge < -0.3 is 14.4 Å². The van der Waals surface area contributed by atoms with Crippen LogP contribution in [0, 0.1) is 17.5 Å². The molecule has 0 radical (unpaired) electrons. The van der Waals surface area contributed by atoms with Crippen LogP contribution >= 0.6 is 0 Å². The summed E-state index contributed by atoms with van der Waals surface area (Å²) in [6.45, 7) is 0.903. The molecule has 1 amide bonds. The number of benzene rings is 2. The number of ether oxygens (including phenoxy) is 2. The third-order valence-electron chi connectivity index (χ3n) is 4.50. The molecule has 3 aromatic rings. The zero-order valence-corrected chi connectivity index (χ0v) is 14.9. The van der Waals surface area contributed by atoms with Gasteiger partial charge in [-0.1, -0.05) is 12.1 Å². The van der Waals surface area contributed by atoms with Crippen molar-refractivity contribution in [1.29, 1.82) is 0 Å². The van der Waals surface area contributed by atoms with Crippen molar-refractivity contribution in [3.05, 3.63) is 63.7 Å². The lowest BCUT2D eigenvalue weighted by Crippen LogP contribution is -2.41. The van der Waals surface area contributed by atoms with E-state index in [0.717, 1.165) is 0 Å². The molecule has 0 spiro atoms. The number of nitrogens with zero attached hydrogens (tertiary/aromatic N) is 2. The first kappa shape index (κ1) is 18.9. The van der Waals surface area contributed by atoms with Crippen LogP contribution < -0.4 is 10.3 Å². The predicted molar refractivity (Wildman–Crippen MR) is 95.5 cm³/mol. The normalized spacial score (nSPS) is 14.2. The second kappa shape index (κ2) is 7.55. The summed E-state index contributed by atoms with van der Waals surface area (Å²) < 4.78 is 53.8. The van der Waals surface area contributed by atoms with Crippen LogP contribution in [0.2, 0.25) is 0 Å². The third-order valence-corrected chi connectivity index (χ3v) is 4.50. The quantitative estimate of drug-likeness (QED) is 0.678. The lowest BCUT2D eigenvalue weighted by atomic mass is 10.1. The lowest BCUT2D eigenvalue weighted by Gasteiger charge is -2.27. The molecule has 0 saturated carbocycles. The standard InChI is InChI=1S/C19H14F3N3O4/c20-13-9-12(19(27)25-5-7-28-8-6-25)14(21)16(15(13)22)29-18-11-4-2-1-3-10(11)17(26)23-24-18/h1-4,9H,5-8H2,(H,23,26). The number of rotatable bonds is 3. The molecule has 1 fully saturated rings. The molecule has 150 valence electrons. The Hall–Kier alpha value is -3.40. The van der Waals surface area contributed by atoms with E-state index >= 15 is 0 Å². The molecule has 0 aliphatic carbocycles. The summed E-state index contributed by atoms with van der Waals surface area (Å²) in [6, 6.07) is 6.58. The molecule has 0 unspecified atom stereocenters. The summed E-state index contributed by atoms with van der Waals surface area (Å²) in [7, 11) is 0. The Balaban J connectivity index is 1.79. The second-order valence-corrected chi connectivity index (χ2v) is 6.27. The summed E-state index contributed by atoms with van der Waals surface area (Å²) in [5.41, 5.74) is -1.20. The number of hydrogen-bond donors (Lipinski definition) is 1. The Kier molecular flexibility index (Phi) is 4.93. The van der Waals surface area contributed by atoms with Crippen molar-refractivity contribution >= 4 is 16.7 Å². The first-order valence-electron chi connectivity index (χ1n) is 8.67. The highest BCUT2D eigenvalue weighted by atomic mass is 19.2. The average Bonchev–Trinajstić information content (AvgIpc) is 2.75. The number of amides is 1. The summed E-state index contributed by atoms with van der Waals surface area (Å²) in [4.78, 5) is 25.7. The van der Waals surface area contributed by atoms with E-state index in [2.05, 4.69) is 10.2 Å². The topological polar surface area (TPSA) is 84.5 Å². The molecule has 4 rings (SSSR count). The van der Waals surface area contributed by atoms with Crippen LogP contribution in [0.3, 0.4) is 0 Å². The Morgan fingerprint density at radius 2 is 1.79 bits per heavy atom. The molecular weight excluding hydrogens is 391 g/mol. The average molecular weight is 405 g/mol. The van der Waals surface area contributed by atoms with Crippen molar-refractivity contribution in [3.8, 4) is 11.6 Å². The first-order valence-corrected chi connectivity index (χ1v) is 8.67. The van der Waals surface area contributed by atoms with Gasteiger partial charge in [0, 0.05) is 13.1 Å². The van der Waals surface area contributed by atoms with Crippen LogP contribution in [0.5, 0.6) is 11.6 Å². The number of fused-ring (bicyclic) bond motifs is 1. The van der Waals surface area contributed by atoms with Gasteiger partial charge in [0.2, 0.25) is 17.4 Å². The van der Waals surface area contributed by atoms with E-state index < -0.39 is 40.2 Å². The number of aromatic amines is 1. The molecule has 29 heavy (non-hydrogen) atoms. The van der Waals surface area contributed by atoms with Crippen LogP contribution in [-0.2, 0) is 4.74 Å². The van der Waals surface area contributed by atoms with Crippen molar-refractivity contribution in [2.24, 2.45) is 0 Å². The van der Waals surface area contributed by atoms with Crippen LogP contribution in [0.4, 0.5) is 13.2 Å². The van der Waals surface area contributed by atoms with Gasteiger partial charge in [0.05, 0.1) is 29.5 Å². The van der Waals surface area contributed by atoms with Crippen LogP contribution in [0.25, 0.3) is 10.8 Å². The van der Waals surface area contributed by atoms with Crippen LogP contribution in [-0.4, -0.2) is 47.3 Å². The van der Waals surface area contributed by atoms with Crippen molar-refractivity contribution in [2.75, 3.05) is 26.3 Å². The number of nitrogens with one attached hydrogen (secondary N) is 1. The van der Waals surface area contributed by atoms with E-state index in [1.165, 1.54) is 17.0 Å². The largest absolute Gasteiger partial charge is 0.431 e. The summed E-state index contributed by atoms with van der Waals surface area (Å²) in [5.74, 6) is -6.70. The number of aromatic nitrogens is 2. The molecule has 0 bridgehead atoms. The predicted octanol–water partition coefficient (Wildman–Crippen LogP) is 2.61. The monoisotopic (exact) mass is 405 g/mol. The number of carbonyl (C=O) groups is 1. The molecule has 0 atom stereocenters. The third kappa shape index (κ3) is 3.42. The maximum absolute atomic E-state index is 15.0. The fourth-order valence-electron chi connectivity index (χ4n) is 3.03. The fourth-order valence-corrected chi connectivity index (χ4v) is 3.03. The van der Waals surface area contributed by atoms with E-state index in [4.69, 9.17) is 9.47 Å². The van der Waals surface area contributed by atoms with Crippen molar-refractivity contribution in [3.63, 3.8) is 0 Å². The van der Waals surface area contributed by atoms with Gasteiger partial charge in [-0.3, -0.25) is 9.59 Å². The van der Waals surface area contributed by atoms with Crippen LogP contribution in [0.15, 0.2) is 35.1 Å². The SMILES string of the molecule is O=C(c1cc(F)c(F)c(Oc2n[nH]c(=O)c3ccccc23)c1F)N1CCOCC1. The minimum absolute atomic E-state index is 0.166. The summed E-state index contributed by atoms with van der Waals surface area (Å²) >= 11 is 0. The molecular formula is C19H14F3N3O4. The van der Waals surface area contributed by atoms with Gasteiger partial charge >= 0.3 is 0 Å². The Morgan fingerprint density at radius 1 is 1.10 bits per heavy atom. The summed E-state index contributed by atoms with van der Waals surface area (Å²) in [6.07, 6.45) is 0. The van der Waals surface area contributed by atoms with Gasteiger partial charge in [0.1, 0.15) is 0 Å². The van der Waals surface area contributed by atoms with Gasteiger partial charge in [-0.15, -0.1) is 5.10 Å². The molecule has 10 heteroatoms. The van der Waals surface area contributed by atoms with Crippen LogP contribution in [0.1, 0.15) is 10.4 Å². The Morgan fingerprint density at radius 3 is 2.52 bits per heavy atom. The highest BCUT2D eigenvalue weighted by Crippen LogP contribution is 2.33. The van der Waals surface area contributed by atoms with Gasteiger partial charge in [0.25, 0.3) is 11.5 Å². The first-order chi connectivity index (χ1) is 14.0. The molecule has 1 aliphatic rings. The van der Waals surface area contributed by atoms with Crippen molar-refractivity contribution < 1.29 is 27.4 Å². The lowest BCUT2D eigenvalue weighted by molar-refractivity contribution is 0.0299. The number of morpholine rings is 1. The molecule has 1 saturated heterocycles. The molecule has 1 aliphatic heterocycles. The van der Waals surface area contributed by atoms with E-state index in [1.54, 1.807) is 12.1 Å². The fraction of sp³-hybridized carbons (Fsp3) is 0.211. The molecule has 1 aromatic heterocycles. The molecule has 1 N–H and O–H groups in total. The van der Waals surface area contributed by atoms with E-state index in [1.807, 2.05) is 0 Å². The highest BCUT2D eigenvalue weighted by molar-refractivity contribution is 5.95. The van der Waals surface area contributed by atoms with Crippen molar-refractivity contribution in [1.82, 2.24) is 15.1 Å². The van der Waals surface area contributed by atoms with Gasteiger partial charge in [-0.25, -0.2) is 13.9 Å². The maximum atomic E-state index is 15.0. The minimum atomic E-state index is -1.61. The smallest absolute Gasteiger partial charge is 0.272 e. The number of halogens is 3. The zero-order valence-electron chi connectivity index (χ0n) is 14.9. The summed E-state index contributed by atoms with van der Waals surface area (Å²) in [5, 5.41) is 6.13. The van der Waals surface area contributed by atoms with Crippen molar-refractivity contribution in [2.45, 2.75) is 0 Å². The molecule has 7 nitrogen and oxygen atoms in total. The molecule has 2 heterocycles. The minimum Gasteiger partial charge on any atom is -0.431 e. The zero-order chi connectivity index (χ0) is 20.5. The molecule has 2 aromatic carbocycles. The Bertz CT molecular complexity index is 1160.